The summed E-state index contributed by atoms with van der Waals surface area (Å²) in [4.78, 5) is 16.1. The molecule has 1 fully saturated rings. The number of benzene rings is 2. The highest BCUT2D eigenvalue weighted by Crippen LogP contribution is 2.38. The van der Waals surface area contributed by atoms with Gasteiger partial charge in [-0.15, -0.1) is 11.3 Å². The van der Waals surface area contributed by atoms with Gasteiger partial charge >= 0.3 is 0 Å². The molecule has 0 radical (unpaired) electrons. The number of nitrogens with one attached hydrogen (secondary N) is 1. The van der Waals surface area contributed by atoms with Gasteiger partial charge in [-0.25, -0.2) is 0 Å². The molecular weight excluding hydrogens is 396 g/mol. The molecule has 2 heterocycles. The summed E-state index contributed by atoms with van der Waals surface area (Å²) in [5, 5.41) is 4.10. The topological polar surface area (TPSA) is 50.8 Å². The molecular formula is C24H28N2O3S. The predicted octanol–water partition coefficient (Wildman–Crippen LogP) is 3.89. The number of ether oxygens (including phenoxy) is 2. The van der Waals surface area contributed by atoms with E-state index in [1.54, 1.807) is 18.4 Å². The maximum atomic E-state index is 12.9. The average Bonchev–Trinajstić information content (AvgIpc) is 3.18. The van der Waals surface area contributed by atoms with E-state index in [0.29, 0.717) is 19.8 Å². The molecule has 30 heavy (non-hydrogen) atoms. The average molecular weight is 425 g/mol. The summed E-state index contributed by atoms with van der Waals surface area (Å²) in [6.45, 7) is 4.37. The maximum Gasteiger partial charge on any atom is 0.261 e. The first kappa shape index (κ1) is 21.0. The molecule has 1 unspecified atom stereocenters. The number of carbonyl (C=O) groups excluding carboxylic acids is 1. The van der Waals surface area contributed by atoms with Gasteiger partial charge in [0, 0.05) is 43.6 Å². The van der Waals surface area contributed by atoms with Crippen molar-refractivity contribution in [3.05, 3.63) is 70.6 Å². The van der Waals surface area contributed by atoms with Crippen molar-refractivity contribution >= 4 is 27.3 Å². The zero-order valence-electron chi connectivity index (χ0n) is 17.3. The molecule has 1 aliphatic heterocycles. The van der Waals surface area contributed by atoms with Gasteiger partial charge < -0.3 is 14.8 Å². The number of thiophene rings is 1. The number of fused-ring (bicyclic) bond motifs is 1. The number of methoxy groups -OCH3 is 1. The van der Waals surface area contributed by atoms with Gasteiger partial charge in [-0.2, -0.15) is 0 Å². The smallest absolute Gasteiger partial charge is 0.261 e. The number of hydrogen-bond acceptors (Lipinski definition) is 5. The standard InChI is InChI=1S/C24H28N2O3S/c1-28-15-12-25-24(27)23-22(19-9-5-6-10-21(19)30-23)20-17-26(14-16-29-20)13-11-18-7-3-2-4-8-18/h2-10,20H,11-17H2,1H3,(H,25,27). The zero-order chi connectivity index (χ0) is 20.8. The van der Waals surface area contributed by atoms with Crippen molar-refractivity contribution in [2.24, 2.45) is 0 Å². The summed E-state index contributed by atoms with van der Waals surface area (Å²) in [5.74, 6) is -0.0479. The molecule has 1 aromatic heterocycles. The maximum absolute atomic E-state index is 12.9. The van der Waals surface area contributed by atoms with Crippen LogP contribution in [0.25, 0.3) is 10.1 Å². The molecule has 5 nitrogen and oxygen atoms in total. The highest BCUT2D eigenvalue weighted by Gasteiger charge is 2.29. The lowest BCUT2D eigenvalue weighted by molar-refractivity contribution is -0.0289. The van der Waals surface area contributed by atoms with Crippen molar-refractivity contribution in [3.8, 4) is 0 Å². The van der Waals surface area contributed by atoms with Crippen LogP contribution >= 0.6 is 11.3 Å². The fourth-order valence-electron chi connectivity index (χ4n) is 3.91. The molecule has 1 atom stereocenters. The zero-order valence-corrected chi connectivity index (χ0v) is 18.1. The molecule has 158 valence electrons. The van der Waals surface area contributed by atoms with Crippen LogP contribution in [0.3, 0.4) is 0 Å². The summed E-state index contributed by atoms with van der Waals surface area (Å²) in [6.07, 6.45) is 0.913. The fourth-order valence-corrected chi connectivity index (χ4v) is 5.08. The molecule has 2 aromatic carbocycles. The Hall–Kier alpha value is -2.25. The van der Waals surface area contributed by atoms with Crippen molar-refractivity contribution in [3.63, 3.8) is 0 Å². The first-order valence-corrected chi connectivity index (χ1v) is 11.2. The largest absolute Gasteiger partial charge is 0.383 e. The molecule has 0 aliphatic carbocycles. The minimum atomic E-state index is -0.103. The Bertz CT molecular complexity index is 973. The Kier molecular flexibility index (Phi) is 7.12. The second kappa shape index (κ2) is 10.2. The minimum Gasteiger partial charge on any atom is -0.383 e. The first-order chi connectivity index (χ1) is 14.8. The van der Waals surface area contributed by atoms with Crippen molar-refractivity contribution in [1.82, 2.24) is 10.2 Å². The van der Waals surface area contributed by atoms with Crippen LogP contribution in [0.15, 0.2) is 54.6 Å². The second-order valence-electron chi connectivity index (χ2n) is 7.49. The number of nitrogens with zero attached hydrogens (tertiary/aromatic N) is 1. The lowest BCUT2D eigenvalue weighted by atomic mass is 10.0. The molecule has 1 aliphatic rings. The number of morpholine rings is 1. The van der Waals surface area contributed by atoms with Crippen molar-refractivity contribution in [1.29, 1.82) is 0 Å². The van der Waals surface area contributed by atoms with E-state index in [1.807, 2.05) is 12.1 Å². The summed E-state index contributed by atoms with van der Waals surface area (Å²) >= 11 is 1.54. The quantitative estimate of drug-likeness (QED) is 0.558. The lowest BCUT2D eigenvalue weighted by Crippen LogP contribution is -2.40. The molecule has 6 heteroatoms. The molecule has 0 bridgehead atoms. The van der Waals surface area contributed by atoms with Gasteiger partial charge in [0.1, 0.15) is 0 Å². The van der Waals surface area contributed by atoms with Gasteiger partial charge in [0.25, 0.3) is 5.91 Å². The Labute approximate surface area is 181 Å². The minimum absolute atomic E-state index is 0.0479. The van der Waals surface area contributed by atoms with Crippen molar-refractivity contribution in [2.75, 3.05) is 46.5 Å². The van der Waals surface area contributed by atoms with E-state index in [9.17, 15) is 4.79 Å². The van der Waals surface area contributed by atoms with Crippen LogP contribution in [0, 0.1) is 0 Å². The van der Waals surface area contributed by atoms with Gasteiger partial charge in [0.15, 0.2) is 0 Å². The lowest BCUT2D eigenvalue weighted by Gasteiger charge is -2.33. The van der Waals surface area contributed by atoms with E-state index < -0.39 is 0 Å². The van der Waals surface area contributed by atoms with Crippen LogP contribution in [0.4, 0.5) is 0 Å². The molecule has 1 saturated heterocycles. The van der Waals surface area contributed by atoms with Crippen molar-refractivity contribution in [2.45, 2.75) is 12.5 Å². The van der Waals surface area contributed by atoms with E-state index in [-0.39, 0.29) is 12.0 Å². The third-order valence-corrected chi connectivity index (χ3v) is 6.65. The van der Waals surface area contributed by atoms with Crippen LogP contribution in [0.5, 0.6) is 0 Å². The van der Waals surface area contributed by atoms with Crippen LogP contribution in [0.1, 0.15) is 26.9 Å². The normalized spacial score (nSPS) is 17.3. The monoisotopic (exact) mass is 424 g/mol. The number of amides is 1. The summed E-state index contributed by atoms with van der Waals surface area (Å²) < 4.78 is 12.4. The van der Waals surface area contributed by atoms with Gasteiger partial charge in [0.2, 0.25) is 0 Å². The fraction of sp³-hybridized carbons (Fsp3) is 0.375. The Morgan fingerprint density at radius 1 is 1.20 bits per heavy atom. The summed E-state index contributed by atoms with van der Waals surface area (Å²) in [6, 6.07) is 18.8. The predicted molar refractivity (Wildman–Crippen MR) is 121 cm³/mol. The van der Waals surface area contributed by atoms with E-state index in [2.05, 4.69) is 52.7 Å². The van der Waals surface area contributed by atoms with Gasteiger partial charge in [-0.1, -0.05) is 48.5 Å². The first-order valence-electron chi connectivity index (χ1n) is 10.4. The number of hydrogen-bond donors (Lipinski definition) is 1. The highest BCUT2D eigenvalue weighted by molar-refractivity contribution is 7.21. The van der Waals surface area contributed by atoms with E-state index in [0.717, 1.165) is 46.6 Å². The molecule has 1 amide bonds. The number of carbonyl (C=O) groups is 1. The molecule has 0 saturated carbocycles. The van der Waals surface area contributed by atoms with Gasteiger partial charge in [0.05, 0.1) is 24.2 Å². The third-order valence-electron chi connectivity index (χ3n) is 5.46. The van der Waals surface area contributed by atoms with Crippen molar-refractivity contribution < 1.29 is 14.3 Å². The van der Waals surface area contributed by atoms with E-state index >= 15 is 0 Å². The third kappa shape index (κ3) is 4.90. The van der Waals surface area contributed by atoms with Gasteiger partial charge in [-0.05, 0) is 23.4 Å². The van der Waals surface area contributed by atoms with Crippen LogP contribution < -0.4 is 5.32 Å². The summed E-state index contributed by atoms with van der Waals surface area (Å²) in [5.41, 5.74) is 2.37. The summed E-state index contributed by atoms with van der Waals surface area (Å²) in [7, 11) is 1.64. The molecule has 4 rings (SSSR count). The Balaban J connectivity index is 1.53. The second-order valence-corrected chi connectivity index (χ2v) is 8.54. The molecule has 0 spiro atoms. The Morgan fingerprint density at radius 3 is 2.83 bits per heavy atom. The SMILES string of the molecule is COCCNC(=O)c1sc2ccccc2c1C1CN(CCc2ccccc2)CCO1. The van der Waals surface area contributed by atoms with Crippen LogP contribution in [-0.4, -0.2) is 57.3 Å². The molecule has 3 aromatic rings. The van der Waals surface area contributed by atoms with E-state index in [4.69, 9.17) is 9.47 Å². The van der Waals surface area contributed by atoms with Crippen LogP contribution in [-0.2, 0) is 15.9 Å². The number of rotatable bonds is 8. The highest BCUT2D eigenvalue weighted by atomic mass is 32.1. The van der Waals surface area contributed by atoms with E-state index in [1.165, 1.54) is 5.56 Å². The molecule has 1 N–H and O–H groups in total. The Morgan fingerprint density at radius 2 is 2.00 bits per heavy atom. The van der Waals surface area contributed by atoms with Gasteiger partial charge in [-0.3, -0.25) is 9.69 Å². The van der Waals surface area contributed by atoms with Crippen LogP contribution in [0.2, 0.25) is 0 Å².